The van der Waals surface area contributed by atoms with Crippen LogP contribution in [0.4, 0.5) is 0 Å². The van der Waals surface area contributed by atoms with E-state index in [1.165, 1.54) is 0 Å². The van der Waals surface area contributed by atoms with Crippen LogP contribution in [0.5, 0.6) is 0 Å². The number of carboxylic acid groups (broad SMARTS) is 2. The van der Waals surface area contributed by atoms with Crippen LogP contribution >= 0.6 is 0 Å². The molecule has 219 valence electrons. The van der Waals surface area contributed by atoms with Crippen molar-refractivity contribution < 1.29 is 49.3 Å². The molecule has 42 heavy (non-hydrogen) atoms. The largest absolute Gasteiger partial charge is 3.00 e. The molecule has 0 fully saturated rings. The molecule has 0 amide bonds. The minimum atomic E-state index is -0.871. The summed E-state index contributed by atoms with van der Waals surface area (Å²) in [5.74, 6) is -1.74. The number of hydrogen-bond acceptors (Lipinski definition) is 4. The average molecular weight is 628 g/mol. The Morgan fingerprint density at radius 2 is 1.29 bits per heavy atom. The molecule has 8 nitrogen and oxygen atoms in total. The zero-order chi connectivity index (χ0) is 28.9. The van der Waals surface area contributed by atoms with Gasteiger partial charge in [-0.15, -0.1) is 22.1 Å². The molecular formula is C32H32ClFeN4O4. The standard InChI is InChI=1S/C32H34N4O4.ClH.Fe/c1-15-17(3)31-32-18(4)16(2)26(36-32)14-28-20(6)22(8-12-30(39)40)24(34-28)10-9-23-21(7-11-29(37)38)19(5)27(33-23)13-25(15)35-31;;/h9-10,13-14H,7-8,11-12H2,1-6H3,(H4,33,34,35,36,37,38,39,40);1H;/q;;+3/p-3. The molecule has 5 heterocycles. The summed E-state index contributed by atoms with van der Waals surface area (Å²) >= 11 is 0. The van der Waals surface area contributed by atoms with Gasteiger partial charge in [0.1, 0.15) is 0 Å². The molecule has 8 bridgehead atoms. The van der Waals surface area contributed by atoms with Crippen molar-refractivity contribution in [2.45, 2.75) is 67.2 Å². The molecule has 0 aliphatic carbocycles. The number of rotatable bonds is 6. The molecule has 5 rings (SSSR count). The molecule has 3 aromatic rings. The number of fused-ring (bicyclic) bond motifs is 9. The summed E-state index contributed by atoms with van der Waals surface area (Å²) in [7, 11) is 0. The summed E-state index contributed by atoms with van der Waals surface area (Å²) in [4.78, 5) is 42.6. The zero-order valence-electron chi connectivity index (χ0n) is 24.4. The summed E-state index contributed by atoms with van der Waals surface area (Å²) in [6.07, 6.45) is 0.667. The summed E-state index contributed by atoms with van der Waals surface area (Å²) in [5, 5.41) is 18.7. The van der Waals surface area contributed by atoms with Gasteiger partial charge in [0.25, 0.3) is 0 Å². The van der Waals surface area contributed by atoms with Crippen molar-refractivity contribution in [1.29, 1.82) is 0 Å². The molecule has 2 N–H and O–H groups in total. The first kappa shape index (κ1) is 32.9. The monoisotopic (exact) mass is 627 g/mol. The predicted molar refractivity (Wildman–Crippen MR) is 157 cm³/mol. The van der Waals surface area contributed by atoms with Crippen LogP contribution in [0.2, 0.25) is 0 Å². The van der Waals surface area contributed by atoms with Crippen LogP contribution in [-0.2, 0) is 33.1 Å². The average Bonchev–Trinajstić information content (AvgIpc) is 3.55. The van der Waals surface area contributed by atoms with Gasteiger partial charge >= 0.3 is 29.0 Å². The maximum atomic E-state index is 11.4. The Balaban J connectivity index is 0.00000242. The van der Waals surface area contributed by atoms with E-state index in [4.69, 9.17) is 19.9 Å². The van der Waals surface area contributed by atoms with E-state index in [1.807, 2.05) is 52.0 Å². The van der Waals surface area contributed by atoms with Gasteiger partial charge < -0.3 is 32.6 Å². The van der Waals surface area contributed by atoms with Crippen molar-refractivity contribution in [3.05, 3.63) is 69.3 Å². The van der Waals surface area contributed by atoms with Gasteiger partial charge in [-0.25, -0.2) is 9.97 Å². The normalized spacial score (nSPS) is 12.7. The Hall–Kier alpha value is -3.65. The van der Waals surface area contributed by atoms with Crippen molar-refractivity contribution in [2.24, 2.45) is 0 Å². The molecule has 3 aromatic heterocycles. The van der Waals surface area contributed by atoms with Crippen LogP contribution in [0.1, 0.15) is 85.1 Å². The Kier molecular flexibility index (Phi) is 9.93. The van der Waals surface area contributed by atoms with Gasteiger partial charge in [0.05, 0.1) is 22.8 Å². The molecule has 0 unspecified atom stereocenters. The molecular weight excluding hydrogens is 596 g/mol. The van der Waals surface area contributed by atoms with E-state index in [9.17, 15) is 19.8 Å². The van der Waals surface area contributed by atoms with Crippen molar-refractivity contribution in [2.75, 3.05) is 0 Å². The van der Waals surface area contributed by atoms with E-state index < -0.39 is 11.9 Å². The molecule has 0 saturated carbocycles. The third-order valence-corrected chi connectivity index (χ3v) is 8.19. The van der Waals surface area contributed by atoms with Crippen molar-refractivity contribution >= 4 is 56.3 Å². The van der Waals surface area contributed by atoms with Gasteiger partial charge in [-0.3, -0.25) is 9.59 Å². The van der Waals surface area contributed by atoms with Gasteiger partial charge in [-0.2, -0.15) is 0 Å². The van der Waals surface area contributed by atoms with Crippen LogP contribution in [0, 0.1) is 20.8 Å². The van der Waals surface area contributed by atoms with E-state index in [2.05, 4.69) is 13.8 Å². The number of halogens is 1. The number of carbonyl (C=O) groups is 2. The molecule has 0 aromatic carbocycles. The first-order valence-corrected chi connectivity index (χ1v) is 13.4. The van der Waals surface area contributed by atoms with Gasteiger partial charge in [-0.05, 0) is 82.7 Å². The van der Waals surface area contributed by atoms with Gasteiger partial charge in [-0.1, -0.05) is 40.5 Å². The summed E-state index contributed by atoms with van der Waals surface area (Å²) in [6.45, 7) is 12.1. The third kappa shape index (κ3) is 5.95. The Bertz CT molecular complexity index is 1830. The molecule has 10 heteroatoms. The second kappa shape index (κ2) is 12.7. The minimum absolute atomic E-state index is 0. The molecule has 0 spiro atoms. The van der Waals surface area contributed by atoms with Gasteiger partial charge in [0.2, 0.25) is 0 Å². The summed E-state index contributed by atoms with van der Waals surface area (Å²) < 4.78 is 0. The fourth-order valence-electron chi connectivity index (χ4n) is 5.38. The van der Waals surface area contributed by atoms with Crippen LogP contribution in [0.25, 0.3) is 44.4 Å². The Labute approximate surface area is 261 Å². The first-order valence-electron chi connectivity index (χ1n) is 13.4. The molecule has 2 aliphatic rings. The Morgan fingerprint density at radius 1 is 0.690 bits per heavy atom. The SMILES string of the molecule is CC1=C(CCC(=O)O)c2ccc3[n-]c(cc4nc(c5[n-]c(cc1n2)c(C)c5C)C(C)=C4C)c(C)c3CCC(=O)O.[Cl-].[Fe+3]. The molecule has 2 aliphatic heterocycles. The van der Waals surface area contributed by atoms with Crippen LogP contribution in [0.15, 0.2) is 24.3 Å². The maximum Gasteiger partial charge on any atom is 3.00 e. The number of aromatic nitrogens is 4. The fourth-order valence-corrected chi connectivity index (χ4v) is 5.38. The van der Waals surface area contributed by atoms with Crippen molar-refractivity contribution in [1.82, 2.24) is 19.9 Å². The molecule has 0 saturated heterocycles. The smallest absolute Gasteiger partial charge is 1.00 e. The number of aliphatic carboxylic acids is 2. The third-order valence-electron chi connectivity index (χ3n) is 8.19. The number of carboxylic acids is 2. The number of hydrogen-bond donors (Lipinski definition) is 2. The van der Waals surface area contributed by atoms with E-state index in [1.54, 1.807) is 0 Å². The van der Waals surface area contributed by atoms with Gasteiger partial charge in [0, 0.05) is 12.8 Å². The number of allylic oxidation sites excluding steroid dienone is 4. The minimum Gasteiger partial charge on any atom is -1.00 e. The second-order valence-electron chi connectivity index (χ2n) is 10.6. The molecule has 0 atom stereocenters. The number of nitrogens with zero attached hydrogens (tertiary/aromatic N) is 4. The van der Waals surface area contributed by atoms with E-state index in [0.717, 1.165) is 78.2 Å². The topological polar surface area (TPSA) is 129 Å². The zero-order valence-corrected chi connectivity index (χ0v) is 26.2. The van der Waals surface area contributed by atoms with Crippen LogP contribution in [0.3, 0.4) is 0 Å². The van der Waals surface area contributed by atoms with Crippen molar-refractivity contribution in [3.8, 4) is 0 Å². The quantitative estimate of drug-likeness (QED) is 0.399. The summed E-state index contributed by atoms with van der Waals surface area (Å²) in [5.41, 5.74) is 13.9. The van der Waals surface area contributed by atoms with Crippen LogP contribution in [-0.4, -0.2) is 32.1 Å². The first-order chi connectivity index (χ1) is 19.0. The Morgan fingerprint density at radius 3 is 1.93 bits per heavy atom. The van der Waals surface area contributed by atoms with E-state index in [0.29, 0.717) is 24.1 Å². The number of aryl methyl sites for hydroxylation is 4. The molecule has 1 radical (unpaired) electrons. The van der Waals surface area contributed by atoms with Gasteiger partial charge in [0.15, 0.2) is 0 Å². The van der Waals surface area contributed by atoms with E-state index in [-0.39, 0.29) is 42.3 Å². The summed E-state index contributed by atoms with van der Waals surface area (Å²) in [6, 6.07) is 7.65. The second-order valence-corrected chi connectivity index (χ2v) is 10.6. The van der Waals surface area contributed by atoms with E-state index >= 15 is 0 Å². The fraction of sp³-hybridized carbons (Fsp3) is 0.312. The predicted octanol–water partition coefficient (Wildman–Crippen LogP) is 3.26. The van der Waals surface area contributed by atoms with Crippen LogP contribution < -0.4 is 22.4 Å². The van der Waals surface area contributed by atoms with Crippen molar-refractivity contribution in [3.63, 3.8) is 0 Å². The maximum absolute atomic E-state index is 11.4.